The van der Waals surface area contributed by atoms with Crippen LogP contribution in [0, 0.1) is 12.8 Å². The molecule has 2 amide bonds. The maximum absolute atomic E-state index is 13.4. The number of aromatic nitrogens is 2. The Morgan fingerprint density at radius 1 is 1.15 bits per heavy atom. The van der Waals surface area contributed by atoms with E-state index in [9.17, 15) is 9.59 Å². The topological polar surface area (TPSA) is 79.6 Å². The lowest BCUT2D eigenvalue weighted by molar-refractivity contribution is -0.120. The summed E-state index contributed by atoms with van der Waals surface area (Å²) in [6, 6.07) is 4.58. The number of amides is 2. The molecule has 2 heterocycles. The van der Waals surface area contributed by atoms with Crippen LogP contribution in [0.1, 0.15) is 61.9 Å². The minimum absolute atomic E-state index is 0.173. The predicted octanol–water partition coefficient (Wildman–Crippen LogP) is 4.46. The molecule has 7 heteroatoms. The van der Waals surface area contributed by atoms with Crippen molar-refractivity contribution in [1.82, 2.24) is 15.1 Å². The van der Waals surface area contributed by atoms with Gasteiger partial charge in [0, 0.05) is 55.4 Å². The van der Waals surface area contributed by atoms with Gasteiger partial charge in [-0.25, -0.2) is 4.99 Å². The van der Waals surface area contributed by atoms with Gasteiger partial charge in [-0.1, -0.05) is 24.8 Å². The number of benzene rings is 1. The number of hydrogen-bond donors (Lipinski definition) is 1. The van der Waals surface area contributed by atoms with Crippen molar-refractivity contribution >= 4 is 23.2 Å². The van der Waals surface area contributed by atoms with E-state index in [-0.39, 0.29) is 18.4 Å². The largest absolute Gasteiger partial charge is 0.371 e. The third kappa shape index (κ3) is 4.98. The fraction of sp³-hybridized carbons (Fsp3) is 0.481. The van der Waals surface area contributed by atoms with Crippen molar-refractivity contribution in [2.24, 2.45) is 18.0 Å². The summed E-state index contributed by atoms with van der Waals surface area (Å²) >= 11 is 0. The van der Waals surface area contributed by atoms with Gasteiger partial charge in [-0.15, -0.1) is 0 Å². The smallest absolute Gasteiger partial charge is 0.254 e. The highest BCUT2D eigenvalue weighted by atomic mass is 16.2. The summed E-state index contributed by atoms with van der Waals surface area (Å²) in [5.74, 6) is -0.788. The lowest BCUT2D eigenvalue weighted by Gasteiger charge is -2.34. The first-order chi connectivity index (χ1) is 16.2. The number of hydrogen-bond acceptors (Lipinski definition) is 4. The second-order valence-electron chi connectivity index (χ2n) is 9.72. The molecule has 1 atom stereocenters. The van der Waals surface area contributed by atoms with E-state index in [0.717, 1.165) is 28.0 Å². The number of carbonyl (C=O) groups is 2. The van der Waals surface area contributed by atoms with Crippen LogP contribution < -0.4 is 10.2 Å². The van der Waals surface area contributed by atoms with Gasteiger partial charge in [0.05, 0.1) is 12.1 Å². The minimum atomic E-state index is -0.418. The van der Waals surface area contributed by atoms with Gasteiger partial charge >= 0.3 is 0 Å². The Kier molecular flexibility index (Phi) is 7.00. The average Bonchev–Trinajstić information content (AvgIpc) is 3.24. The van der Waals surface area contributed by atoms with E-state index >= 15 is 0 Å². The highest BCUT2D eigenvalue weighted by Gasteiger charge is 2.26. The molecule has 34 heavy (non-hydrogen) atoms. The number of dihydropyridines is 1. The van der Waals surface area contributed by atoms with Crippen LogP contribution in [0.2, 0.25) is 0 Å². The van der Waals surface area contributed by atoms with Crippen LogP contribution in [0.4, 0.5) is 5.69 Å². The third-order valence-electron chi connectivity index (χ3n) is 7.20. The van der Waals surface area contributed by atoms with Crippen molar-refractivity contribution in [3.63, 3.8) is 0 Å². The number of anilines is 1. The van der Waals surface area contributed by atoms with Crippen molar-refractivity contribution in [3.8, 4) is 11.1 Å². The molecule has 7 nitrogen and oxygen atoms in total. The predicted molar refractivity (Wildman–Crippen MR) is 136 cm³/mol. The van der Waals surface area contributed by atoms with E-state index in [2.05, 4.69) is 33.4 Å². The Bertz CT molecular complexity index is 1150. The molecule has 0 spiro atoms. The monoisotopic (exact) mass is 461 g/mol. The fourth-order valence-corrected chi connectivity index (χ4v) is 5.15. The zero-order valence-electron chi connectivity index (χ0n) is 20.9. The number of aryl methyl sites for hydroxylation is 1. The summed E-state index contributed by atoms with van der Waals surface area (Å²) in [6.45, 7) is 5.98. The summed E-state index contributed by atoms with van der Waals surface area (Å²) in [4.78, 5) is 32.2. The van der Waals surface area contributed by atoms with Crippen LogP contribution in [0.5, 0.6) is 0 Å². The Labute approximate surface area is 201 Å². The molecule has 180 valence electrons. The fourth-order valence-electron chi connectivity index (χ4n) is 5.15. The van der Waals surface area contributed by atoms with E-state index in [1.165, 1.54) is 32.1 Å². The second-order valence-corrected chi connectivity index (χ2v) is 9.72. The molecule has 2 aliphatic rings. The third-order valence-corrected chi connectivity index (χ3v) is 7.20. The normalized spacial score (nSPS) is 19.0. The van der Waals surface area contributed by atoms with Crippen LogP contribution in [-0.2, 0) is 11.8 Å². The van der Waals surface area contributed by atoms with E-state index in [1.807, 2.05) is 52.4 Å². The van der Waals surface area contributed by atoms with Gasteiger partial charge in [-0.3, -0.25) is 14.3 Å². The lowest BCUT2D eigenvalue weighted by atomic mass is 9.92. The molecule has 1 unspecified atom stereocenters. The van der Waals surface area contributed by atoms with Crippen molar-refractivity contribution in [1.29, 1.82) is 0 Å². The number of nitrogens with zero attached hydrogens (tertiary/aromatic N) is 4. The SMILES string of the molecule is CC1=CC(C)=NC(=O)C1CNC(=O)c1cc(-c2cnn(C)c2)cc(N(C)C2CCCCC2)c1C. The first-order valence-electron chi connectivity index (χ1n) is 12.2. The second kappa shape index (κ2) is 9.95. The standard InChI is InChI=1S/C27H35N5O2/c1-17-11-18(2)30-27(34)24(17)15-28-26(33)23-12-20(21-14-29-31(4)16-21)13-25(19(23)3)32(5)22-9-7-6-8-10-22/h11-14,16,22,24H,6-10,15H2,1-5H3,(H,28,33). The van der Waals surface area contributed by atoms with E-state index in [0.29, 0.717) is 17.3 Å². The van der Waals surface area contributed by atoms with Gasteiger partial charge in [0.1, 0.15) is 0 Å². The molecular formula is C27H35N5O2. The Morgan fingerprint density at radius 2 is 1.88 bits per heavy atom. The molecule has 1 saturated carbocycles. The summed E-state index contributed by atoms with van der Waals surface area (Å²) in [5.41, 5.74) is 6.23. The molecule has 1 N–H and O–H groups in total. The van der Waals surface area contributed by atoms with E-state index in [1.54, 1.807) is 4.68 Å². The maximum Gasteiger partial charge on any atom is 0.254 e. The summed E-state index contributed by atoms with van der Waals surface area (Å²) in [6.07, 6.45) is 11.8. The minimum Gasteiger partial charge on any atom is -0.371 e. The van der Waals surface area contributed by atoms with Crippen molar-refractivity contribution in [3.05, 3.63) is 47.3 Å². The molecule has 0 bridgehead atoms. The molecule has 1 aliphatic carbocycles. The molecule has 1 aromatic heterocycles. The lowest BCUT2D eigenvalue weighted by Crippen LogP contribution is -2.36. The van der Waals surface area contributed by atoms with Crippen molar-refractivity contribution < 1.29 is 9.59 Å². The first kappa shape index (κ1) is 23.9. The molecule has 1 aromatic carbocycles. The maximum atomic E-state index is 13.4. The van der Waals surface area contributed by atoms with Crippen LogP contribution >= 0.6 is 0 Å². The van der Waals surface area contributed by atoms with Crippen LogP contribution in [0.15, 0.2) is 41.2 Å². The van der Waals surface area contributed by atoms with Gasteiger partial charge < -0.3 is 10.2 Å². The van der Waals surface area contributed by atoms with Crippen LogP contribution in [0.3, 0.4) is 0 Å². The van der Waals surface area contributed by atoms with Crippen LogP contribution in [0.25, 0.3) is 11.1 Å². The molecular weight excluding hydrogens is 426 g/mol. The van der Waals surface area contributed by atoms with Gasteiger partial charge in [0.25, 0.3) is 11.8 Å². The van der Waals surface area contributed by atoms with Gasteiger partial charge in [-0.2, -0.15) is 5.10 Å². The Morgan fingerprint density at radius 3 is 2.53 bits per heavy atom. The Balaban J connectivity index is 1.64. The number of aliphatic imine (C=N–C) groups is 1. The van der Waals surface area contributed by atoms with Crippen molar-refractivity contribution in [2.45, 2.75) is 58.9 Å². The number of carbonyl (C=O) groups excluding carboxylic acids is 2. The molecule has 0 radical (unpaired) electrons. The first-order valence-corrected chi connectivity index (χ1v) is 12.2. The van der Waals surface area contributed by atoms with Crippen molar-refractivity contribution in [2.75, 3.05) is 18.5 Å². The molecule has 0 saturated heterocycles. The highest BCUT2D eigenvalue weighted by Crippen LogP contribution is 2.34. The molecule has 1 aliphatic heterocycles. The van der Waals surface area contributed by atoms with Gasteiger partial charge in [-0.05, 0) is 62.9 Å². The molecule has 2 aromatic rings. The molecule has 1 fully saturated rings. The zero-order chi connectivity index (χ0) is 24.4. The molecule has 4 rings (SSSR count). The number of allylic oxidation sites excluding steroid dienone is 1. The Hall–Kier alpha value is -3.22. The zero-order valence-corrected chi connectivity index (χ0v) is 20.9. The van der Waals surface area contributed by atoms with Gasteiger partial charge in [0.15, 0.2) is 0 Å². The van der Waals surface area contributed by atoms with E-state index in [4.69, 9.17) is 0 Å². The number of rotatable bonds is 6. The summed E-state index contributed by atoms with van der Waals surface area (Å²) in [5, 5.41) is 7.33. The number of nitrogens with one attached hydrogen (secondary N) is 1. The van der Waals surface area contributed by atoms with Gasteiger partial charge in [0.2, 0.25) is 0 Å². The summed E-state index contributed by atoms with van der Waals surface area (Å²) in [7, 11) is 4.03. The summed E-state index contributed by atoms with van der Waals surface area (Å²) < 4.78 is 1.77. The van der Waals surface area contributed by atoms with E-state index < -0.39 is 5.92 Å². The average molecular weight is 462 g/mol. The quantitative estimate of drug-likeness (QED) is 0.689. The highest BCUT2D eigenvalue weighted by molar-refractivity contribution is 6.06. The van der Waals surface area contributed by atoms with Crippen LogP contribution in [-0.4, -0.2) is 46.9 Å².